The van der Waals surface area contributed by atoms with Crippen LogP contribution < -0.4 is 10.9 Å². The average Bonchev–Trinajstić information content (AvgIpc) is 2.54. The van der Waals surface area contributed by atoms with Gasteiger partial charge in [-0.3, -0.25) is 14.2 Å². The number of amides is 1. The predicted molar refractivity (Wildman–Crippen MR) is 108 cm³/mol. The largest absolute Gasteiger partial charge is 0.323 e. The molecule has 0 unspecified atom stereocenters. The first-order valence-corrected chi connectivity index (χ1v) is 8.88. The third kappa shape index (κ3) is 3.62. The van der Waals surface area contributed by atoms with Gasteiger partial charge in [-0.2, -0.15) is 0 Å². The Morgan fingerprint density at radius 2 is 1.77 bits per heavy atom. The summed E-state index contributed by atoms with van der Waals surface area (Å²) in [6.45, 7) is 5.74. The fraction of sp³-hybridized carbons (Fsp3) is 0.200. The van der Waals surface area contributed by atoms with Gasteiger partial charge in [-0.05, 0) is 56.2 Å². The molecule has 0 aliphatic rings. The van der Waals surface area contributed by atoms with E-state index < -0.39 is 0 Å². The van der Waals surface area contributed by atoms with Crippen molar-refractivity contribution in [3.63, 3.8) is 0 Å². The first-order valence-electron chi connectivity index (χ1n) is 8.12. The van der Waals surface area contributed by atoms with Gasteiger partial charge in [0.15, 0.2) is 0 Å². The molecule has 3 aromatic rings. The lowest BCUT2D eigenvalue weighted by molar-refractivity contribution is -0.116. The number of hydrogen-bond acceptors (Lipinski definition) is 2. The van der Waals surface area contributed by atoms with Gasteiger partial charge >= 0.3 is 0 Å². The van der Waals surface area contributed by atoms with Gasteiger partial charge < -0.3 is 5.32 Å². The molecule has 0 bridgehead atoms. The zero-order chi connectivity index (χ0) is 19.0. The zero-order valence-electron chi connectivity index (χ0n) is 14.7. The Labute approximate surface area is 161 Å². The second-order valence-corrected chi connectivity index (χ2v) is 7.25. The third-order valence-corrected chi connectivity index (χ3v) is 4.81. The van der Waals surface area contributed by atoms with Crippen molar-refractivity contribution in [1.82, 2.24) is 4.57 Å². The molecule has 3 rings (SSSR count). The summed E-state index contributed by atoms with van der Waals surface area (Å²) in [5.41, 5.74) is 3.93. The van der Waals surface area contributed by atoms with Crippen molar-refractivity contribution in [2.75, 3.05) is 5.32 Å². The minimum absolute atomic E-state index is 0.109. The summed E-state index contributed by atoms with van der Waals surface area (Å²) < 4.78 is 1.49. The SMILES string of the molecule is Cc1cc(C)c2c(c1)c(C)cc(=O)n2CC(=O)Nc1cc(Cl)ccc1Cl. The third-order valence-electron chi connectivity index (χ3n) is 4.25. The summed E-state index contributed by atoms with van der Waals surface area (Å²) in [4.78, 5) is 25.1. The quantitative estimate of drug-likeness (QED) is 0.695. The summed E-state index contributed by atoms with van der Waals surface area (Å²) in [5, 5.41) is 4.54. The van der Waals surface area contributed by atoms with Crippen molar-refractivity contribution < 1.29 is 4.79 Å². The summed E-state index contributed by atoms with van der Waals surface area (Å²) in [7, 11) is 0. The number of aromatic nitrogens is 1. The molecule has 0 aliphatic carbocycles. The van der Waals surface area contributed by atoms with E-state index in [1.54, 1.807) is 24.3 Å². The minimum Gasteiger partial charge on any atom is -0.323 e. The molecule has 0 saturated heterocycles. The van der Waals surface area contributed by atoms with Gasteiger partial charge in [-0.25, -0.2) is 0 Å². The highest BCUT2D eigenvalue weighted by molar-refractivity contribution is 6.35. The van der Waals surface area contributed by atoms with Crippen LogP contribution in [0.2, 0.25) is 10.0 Å². The monoisotopic (exact) mass is 388 g/mol. The Bertz CT molecular complexity index is 1090. The van der Waals surface area contributed by atoms with Crippen molar-refractivity contribution in [2.45, 2.75) is 27.3 Å². The van der Waals surface area contributed by atoms with E-state index in [1.165, 1.54) is 4.57 Å². The van der Waals surface area contributed by atoms with Gasteiger partial charge in [-0.15, -0.1) is 0 Å². The summed E-state index contributed by atoms with van der Waals surface area (Å²) >= 11 is 12.0. The van der Waals surface area contributed by atoms with Crippen molar-refractivity contribution in [3.05, 3.63) is 73.5 Å². The van der Waals surface area contributed by atoms with E-state index in [4.69, 9.17) is 23.2 Å². The summed E-state index contributed by atoms with van der Waals surface area (Å²) in [6, 6.07) is 10.4. The maximum Gasteiger partial charge on any atom is 0.251 e. The topological polar surface area (TPSA) is 51.1 Å². The number of carbonyl (C=O) groups is 1. The lowest BCUT2D eigenvalue weighted by Crippen LogP contribution is -2.28. The molecule has 0 spiro atoms. The summed E-state index contributed by atoms with van der Waals surface area (Å²) in [5.74, 6) is -0.346. The normalized spacial score (nSPS) is 11.0. The number of aryl methyl sites for hydroxylation is 3. The number of nitrogens with zero attached hydrogens (tertiary/aromatic N) is 1. The first-order chi connectivity index (χ1) is 12.3. The number of carbonyl (C=O) groups excluding carboxylic acids is 1. The van der Waals surface area contributed by atoms with Crippen molar-refractivity contribution >= 4 is 45.7 Å². The second kappa shape index (κ2) is 7.14. The molecule has 2 aromatic carbocycles. The molecule has 1 heterocycles. The maximum atomic E-state index is 12.5. The standard InChI is InChI=1S/C20H18Cl2N2O2/c1-11-6-13(3)20-15(7-11)12(2)8-19(26)24(20)10-18(25)23-17-9-14(21)4-5-16(17)22/h4-9H,10H2,1-3H3,(H,23,25). The van der Waals surface area contributed by atoms with E-state index in [1.807, 2.05) is 32.9 Å². The molecule has 0 aliphatic heterocycles. The fourth-order valence-electron chi connectivity index (χ4n) is 3.15. The molecule has 0 fully saturated rings. The molecule has 1 N–H and O–H groups in total. The van der Waals surface area contributed by atoms with E-state index in [0.717, 1.165) is 27.6 Å². The van der Waals surface area contributed by atoms with Gasteiger partial charge in [0.2, 0.25) is 5.91 Å². The number of rotatable bonds is 3. The van der Waals surface area contributed by atoms with Crippen LogP contribution in [-0.4, -0.2) is 10.5 Å². The number of fused-ring (bicyclic) bond motifs is 1. The molecular weight excluding hydrogens is 371 g/mol. The number of halogens is 2. The van der Waals surface area contributed by atoms with E-state index in [9.17, 15) is 9.59 Å². The van der Waals surface area contributed by atoms with Crippen LogP contribution >= 0.6 is 23.2 Å². The van der Waals surface area contributed by atoms with E-state index in [-0.39, 0.29) is 18.0 Å². The smallest absolute Gasteiger partial charge is 0.251 e. The lowest BCUT2D eigenvalue weighted by Gasteiger charge is -2.15. The van der Waals surface area contributed by atoms with Gasteiger partial charge in [0.1, 0.15) is 6.54 Å². The molecule has 0 saturated carbocycles. The number of nitrogens with one attached hydrogen (secondary N) is 1. The number of hydrogen-bond donors (Lipinski definition) is 1. The van der Waals surface area contributed by atoms with Crippen LogP contribution in [0, 0.1) is 20.8 Å². The number of pyridine rings is 1. The average molecular weight is 389 g/mol. The maximum absolute atomic E-state index is 12.5. The molecule has 0 radical (unpaired) electrons. The molecule has 134 valence electrons. The highest BCUT2D eigenvalue weighted by Crippen LogP contribution is 2.26. The molecule has 4 nitrogen and oxygen atoms in total. The number of benzene rings is 2. The fourth-order valence-corrected chi connectivity index (χ4v) is 3.49. The van der Waals surface area contributed by atoms with Crippen LogP contribution in [0.25, 0.3) is 10.9 Å². The number of anilines is 1. The molecule has 1 aromatic heterocycles. The van der Waals surface area contributed by atoms with E-state index in [0.29, 0.717) is 15.7 Å². The second-order valence-electron chi connectivity index (χ2n) is 6.40. The van der Waals surface area contributed by atoms with E-state index >= 15 is 0 Å². The van der Waals surface area contributed by atoms with Crippen molar-refractivity contribution in [3.8, 4) is 0 Å². The Hall–Kier alpha value is -2.30. The lowest BCUT2D eigenvalue weighted by atomic mass is 10.0. The van der Waals surface area contributed by atoms with Crippen LogP contribution in [-0.2, 0) is 11.3 Å². The molecule has 26 heavy (non-hydrogen) atoms. The molecule has 1 amide bonds. The Morgan fingerprint density at radius 1 is 1.04 bits per heavy atom. The van der Waals surface area contributed by atoms with Crippen LogP contribution in [0.5, 0.6) is 0 Å². The Morgan fingerprint density at radius 3 is 2.50 bits per heavy atom. The van der Waals surface area contributed by atoms with Crippen LogP contribution in [0.15, 0.2) is 41.2 Å². The van der Waals surface area contributed by atoms with Crippen LogP contribution in [0.4, 0.5) is 5.69 Å². The van der Waals surface area contributed by atoms with Gasteiger partial charge in [0.25, 0.3) is 5.56 Å². The highest BCUT2D eigenvalue weighted by atomic mass is 35.5. The van der Waals surface area contributed by atoms with Crippen molar-refractivity contribution in [1.29, 1.82) is 0 Å². The first kappa shape index (κ1) is 18.5. The van der Waals surface area contributed by atoms with Crippen LogP contribution in [0.1, 0.15) is 16.7 Å². The Kier molecular flexibility index (Phi) is 5.08. The zero-order valence-corrected chi connectivity index (χ0v) is 16.2. The van der Waals surface area contributed by atoms with Gasteiger partial charge in [0.05, 0.1) is 16.2 Å². The molecular formula is C20H18Cl2N2O2. The van der Waals surface area contributed by atoms with Gasteiger partial charge in [-0.1, -0.05) is 34.8 Å². The van der Waals surface area contributed by atoms with Gasteiger partial charge in [0, 0.05) is 16.5 Å². The van der Waals surface area contributed by atoms with Crippen LogP contribution in [0.3, 0.4) is 0 Å². The highest BCUT2D eigenvalue weighted by Gasteiger charge is 2.14. The molecule has 0 atom stereocenters. The van der Waals surface area contributed by atoms with E-state index in [2.05, 4.69) is 5.32 Å². The summed E-state index contributed by atoms with van der Waals surface area (Å²) in [6.07, 6.45) is 0. The Balaban J connectivity index is 2.02. The van der Waals surface area contributed by atoms with Crippen molar-refractivity contribution in [2.24, 2.45) is 0 Å². The minimum atomic E-state index is -0.346. The molecule has 6 heteroatoms. The predicted octanol–water partition coefficient (Wildman–Crippen LogP) is 4.87.